The van der Waals surface area contributed by atoms with Gasteiger partial charge in [-0.25, -0.2) is 0 Å². The minimum Gasteiger partial charge on any atom is -0.306 e. The lowest BCUT2D eigenvalue weighted by molar-refractivity contribution is 0.371. The van der Waals surface area contributed by atoms with Gasteiger partial charge in [0.05, 0.1) is 0 Å². The molecule has 1 aliphatic carbocycles. The predicted octanol–water partition coefficient (Wildman–Crippen LogP) is 1.20. The fourth-order valence-electron chi connectivity index (χ4n) is 1.58. The highest BCUT2D eigenvalue weighted by Crippen LogP contribution is 2.40. The molecule has 0 aromatic rings. The van der Waals surface area contributed by atoms with E-state index in [9.17, 15) is 0 Å². The van der Waals surface area contributed by atoms with E-state index in [-0.39, 0.29) is 0 Å². The minimum atomic E-state index is 0.870. The number of hydrogen-bond acceptors (Lipinski definition) is 1. The molecule has 1 saturated carbocycles. The SMILES string of the molecule is C[C@H]1C(N(C)C)[C@@H]1C. The van der Waals surface area contributed by atoms with E-state index in [2.05, 4.69) is 32.8 Å². The molecule has 8 heavy (non-hydrogen) atoms. The summed E-state index contributed by atoms with van der Waals surface area (Å²) in [6.07, 6.45) is 0. The summed E-state index contributed by atoms with van der Waals surface area (Å²) in [6, 6.07) is 0.870. The first-order chi connectivity index (χ1) is 3.64. The van der Waals surface area contributed by atoms with Gasteiger partial charge in [0.2, 0.25) is 0 Å². The molecule has 0 aliphatic heterocycles. The van der Waals surface area contributed by atoms with Crippen LogP contribution in [0.4, 0.5) is 0 Å². The first kappa shape index (κ1) is 6.09. The lowest BCUT2D eigenvalue weighted by Gasteiger charge is -2.06. The third kappa shape index (κ3) is 0.752. The summed E-state index contributed by atoms with van der Waals surface area (Å²) in [5, 5.41) is 0. The predicted molar refractivity (Wildman–Crippen MR) is 35.8 cm³/mol. The van der Waals surface area contributed by atoms with Gasteiger partial charge in [-0.3, -0.25) is 0 Å². The monoisotopic (exact) mass is 113 g/mol. The lowest BCUT2D eigenvalue weighted by Crippen LogP contribution is -2.16. The van der Waals surface area contributed by atoms with Crippen molar-refractivity contribution < 1.29 is 0 Å². The first-order valence-electron chi connectivity index (χ1n) is 3.31. The van der Waals surface area contributed by atoms with Crippen molar-refractivity contribution in [2.45, 2.75) is 19.9 Å². The van der Waals surface area contributed by atoms with E-state index in [0.717, 1.165) is 17.9 Å². The third-order valence-electron chi connectivity index (χ3n) is 2.36. The molecule has 0 bridgehead atoms. The molecule has 0 aromatic carbocycles. The normalized spacial score (nSPS) is 45.4. The van der Waals surface area contributed by atoms with E-state index in [0.29, 0.717) is 0 Å². The lowest BCUT2D eigenvalue weighted by atomic mass is 10.4. The zero-order valence-corrected chi connectivity index (χ0v) is 6.18. The van der Waals surface area contributed by atoms with Crippen molar-refractivity contribution in [3.63, 3.8) is 0 Å². The van der Waals surface area contributed by atoms with Crippen LogP contribution in [0.1, 0.15) is 13.8 Å². The molecule has 1 nitrogen and oxygen atoms in total. The fraction of sp³-hybridized carbons (Fsp3) is 1.00. The number of nitrogens with zero attached hydrogens (tertiary/aromatic N) is 1. The molecule has 0 aromatic heterocycles. The molecule has 1 heteroatoms. The third-order valence-corrected chi connectivity index (χ3v) is 2.36. The van der Waals surface area contributed by atoms with Crippen molar-refractivity contribution in [3.05, 3.63) is 0 Å². The molecule has 0 saturated heterocycles. The van der Waals surface area contributed by atoms with Crippen LogP contribution in [0.2, 0.25) is 0 Å². The Labute approximate surface area is 51.7 Å². The van der Waals surface area contributed by atoms with Gasteiger partial charge in [0.15, 0.2) is 0 Å². The van der Waals surface area contributed by atoms with Gasteiger partial charge in [-0.05, 0) is 25.9 Å². The van der Waals surface area contributed by atoms with Gasteiger partial charge < -0.3 is 4.90 Å². The van der Waals surface area contributed by atoms with Crippen molar-refractivity contribution in [1.82, 2.24) is 4.90 Å². The van der Waals surface area contributed by atoms with E-state index >= 15 is 0 Å². The molecule has 2 atom stereocenters. The summed E-state index contributed by atoms with van der Waals surface area (Å²) in [6.45, 7) is 4.63. The first-order valence-corrected chi connectivity index (χ1v) is 3.31. The van der Waals surface area contributed by atoms with E-state index in [1.54, 1.807) is 0 Å². The van der Waals surface area contributed by atoms with E-state index < -0.39 is 0 Å². The van der Waals surface area contributed by atoms with Crippen LogP contribution in [0.3, 0.4) is 0 Å². The van der Waals surface area contributed by atoms with Crippen molar-refractivity contribution in [3.8, 4) is 0 Å². The van der Waals surface area contributed by atoms with Gasteiger partial charge in [0, 0.05) is 6.04 Å². The van der Waals surface area contributed by atoms with Crippen LogP contribution in [0, 0.1) is 11.8 Å². The van der Waals surface area contributed by atoms with Gasteiger partial charge in [-0.1, -0.05) is 13.8 Å². The van der Waals surface area contributed by atoms with Crippen LogP contribution in [-0.2, 0) is 0 Å². The van der Waals surface area contributed by atoms with Crippen LogP contribution in [0.25, 0.3) is 0 Å². The second kappa shape index (κ2) is 1.73. The summed E-state index contributed by atoms with van der Waals surface area (Å²) < 4.78 is 0. The highest BCUT2D eigenvalue weighted by molar-refractivity contribution is 4.97. The standard InChI is InChI=1S/C7H15N/c1-5-6(2)7(5)8(3)4/h5-7H,1-4H3/t5-,6-/m1/s1. The van der Waals surface area contributed by atoms with Gasteiger partial charge in [0.25, 0.3) is 0 Å². The van der Waals surface area contributed by atoms with Crippen molar-refractivity contribution in [2.75, 3.05) is 14.1 Å². The van der Waals surface area contributed by atoms with E-state index in [1.807, 2.05) is 0 Å². The van der Waals surface area contributed by atoms with Crippen LogP contribution in [-0.4, -0.2) is 25.0 Å². The Kier molecular flexibility index (Phi) is 1.31. The van der Waals surface area contributed by atoms with Crippen LogP contribution in [0.15, 0.2) is 0 Å². The molecule has 0 radical (unpaired) electrons. The van der Waals surface area contributed by atoms with Crippen LogP contribution in [0.5, 0.6) is 0 Å². The Morgan fingerprint density at radius 2 is 1.38 bits per heavy atom. The van der Waals surface area contributed by atoms with E-state index in [1.165, 1.54) is 0 Å². The topological polar surface area (TPSA) is 3.24 Å². The highest BCUT2D eigenvalue weighted by atomic mass is 15.1. The summed E-state index contributed by atoms with van der Waals surface area (Å²) in [4.78, 5) is 2.31. The molecule has 1 fully saturated rings. The fourth-order valence-corrected chi connectivity index (χ4v) is 1.58. The van der Waals surface area contributed by atoms with E-state index in [4.69, 9.17) is 0 Å². The van der Waals surface area contributed by atoms with Crippen molar-refractivity contribution >= 4 is 0 Å². The molecule has 0 amide bonds. The van der Waals surface area contributed by atoms with Crippen LogP contribution >= 0.6 is 0 Å². The molecule has 0 spiro atoms. The maximum atomic E-state index is 2.31. The molecule has 48 valence electrons. The average Bonchev–Trinajstić information content (AvgIpc) is 2.15. The average molecular weight is 113 g/mol. The zero-order valence-electron chi connectivity index (χ0n) is 6.18. The van der Waals surface area contributed by atoms with Crippen molar-refractivity contribution in [2.24, 2.45) is 11.8 Å². The Hall–Kier alpha value is -0.0400. The maximum absolute atomic E-state index is 2.31. The Bertz CT molecular complexity index is 73.6. The second-order valence-corrected chi connectivity index (χ2v) is 3.17. The Balaban J connectivity index is 2.33. The molecular formula is C7H15N. The largest absolute Gasteiger partial charge is 0.306 e. The summed E-state index contributed by atoms with van der Waals surface area (Å²) in [7, 11) is 4.31. The summed E-state index contributed by atoms with van der Waals surface area (Å²) in [5.41, 5.74) is 0. The molecule has 1 aliphatic rings. The quantitative estimate of drug-likeness (QED) is 0.494. The minimum absolute atomic E-state index is 0.870. The number of hydrogen-bond donors (Lipinski definition) is 0. The van der Waals surface area contributed by atoms with Crippen molar-refractivity contribution in [1.29, 1.82) is 0 Å². The maximum Gasteiger partial charge on any atom is 0.0147 e. The van der Waals surface area contributed by atoms with Gasteiger partial charge >= 0.3 is 0 Å². The molecule has 0 unspecified atom stereocenters. The summed E-state index contributed by atoms with van der Waals surface area (Å²) in [5.74, 6) is 1.87. The number of rotatable bonds is 1. The highest BCUT2D eigenvalue weighted by Gasteiger charge is 2.43. The Morgan fingerprint density at radius 3 is 1.38 bits per heavy atom. The second-order valence-electron chi connectivity index (χ2n) is 3.17. The zero-order chi connectivity index (χ0) is 6.31. The molecule has 0 heterocycles. The Morgan fingerprint density at radius 1 is 1.00 bits per heavy atom. The molecule has 0 N–H and O–H groups in total. The summed E-state index contributed by atoms with van der Waals surface area (Å²) >= 11 is 0. The molecule has 1 rings (SSSR count). The van der Waals surface area contributed by atoms with Crippen LogP contribution < -0.4 is 0 Å². The smallest absolute Gasteiger partial charge is 0.0147 e. The molecular weight excluding hydrogens is 98.1 g/mol. The van der Waals surface area contributed by atoms with Gasteiger partial charge in [-0.2, -0.15) is 0 Å². The van der Waals surface area contributed by atoms with Gasteiger partial charge in [0.1, 0.15) is 0 Å². The van der Waals surface area contributed by atoms with Gasteiger partial charge in [-0.15, -0.1) is 0 Å².